The van der Waals surface area contributed by atoms with Crippen LogP contribution in [-0.2, 0) is 6.42 Å². The molecule has 0 saturated carbocycles. The van der Waals surface area contributed by atoms with Gasteiger partial charge in [-0.15, -0.1) is 0 Å². The van der Waals surface area contributed by atoms with Crippen LogP contribution in [0.15, 0.2) is 18.2 Å². The van der Waals surface area contributed by atoms with E-state index in [1.54, 1.807) is 6.07 Å². The maximum absolute atomic E-state index is 11.1. The van der Waals surface area contributed by atoms with E-state index in [1.165, 1.54) is 5.56 Å². The number of hydrogen-bond acceptors (Lipinski definition) is 4. The summed E-state index contributed by atoms with van der Waals surface area (Å²) in [4.78, 5) is 13.3. The largest absolute Gasteiger partial charge is 0.314 e. The minimum absolute atomic E-state index is 0.248. The van der Waals surface area contributed by atoms with Crippen LogP contribution in [-0.4, -0.2) is 35.5 Å². The Labute approximate surface area is 112 Å². The molecule has 5 nitrogen and oxygen atoms in total. The summed E-state index contributed by atoms with van der Waals surface area (Å²) in [5.74, 6) is 0. The summed E-state index contributed by atoms with van der Waals surface area (Å²) in [7, 11) is 0. The highest BCUT2D eigenvalue weighted by atomic mass is 16.6. The minimum Gasteiger partial charge on any atom is -0.314 e. The van der Waals surface area contributed by atoms with Crippen molar-refractivity contribution in [3.8, 4) is 0 Å². The molecule has 1 N–H and O–H groups in total. The zero-order valence-corrected chi connectivity index (χ0v) is 11.1. The summed E-state index contributed by atoms with van der Waals surface area (Å²) >= 11 is 0. The summed E-state index contributed by atoms with van der Waals surface area (Å²) in [6.45, 7) is 5.25. The fraction of sp³-hybridized carbons (Fsp3) is 0.571. The van der Waals surface area contributed by atoms with Crippen molar-refractivity contribution in [3.05, 3.63) is 39.4 Å². The molecule has 1 heterocycles. The number of benzene rings is 1. The number of fused-ring (bicyclic) bond motifs is 1. The summed E-state index contributed by atoms with van der Waals surface area (Å²) in [6, 6.07) is 6.36. The molecular formula is C14H19N3O2. The van der Waals surface area contributed by atoms with E-state index in [-0.39, 0.29) is 4.92 Å². The van der Waals surface area contributed by atoms with Gasteiger partial charge in [0.25, 0.3) is 5.69 Å². The minimum atomic E-state index is -0.248. The Morgan fingerprint density at radius 3 is 3.05 bits per heavy atom. The van der Waals surface area contributed by atoms with Crippen molar-refractivity contribution in [2.45, 2.75) is 31.8 Å². The number of nitro groups is 1. The molecule has 3 rings (SSSR count). The highest BCUT2D eigenvalue weighted by molar-refractivity contribution is 5.49. The van der Waals surface area contributed by atoms with E-state index in [9.17, 15) is 10.1 Å². The standard InChI is InChI=1S/C14H19N3O2/c1-10-9-15-7-8-16(10)13-6-5-12-11(13)3-2-4-14(12)17(18)19/h2-4,10,13,15H,5-9H2,1H3. The lowest BCUT2D eigenvalue weighted by Crippen LogP contribution is -2.50. The number of rotatable bonds is 2. The fourth-order valence-corrected chi connectivity index (χ4v) is 3.45. The van der Waals surface area contributed by atoms with Gasteiger partial charge in [-0.25, -0.2) is 0 Å². The lowest BCUT2D eigenvalue weighted by molar-refractivity contribution is -0.385. The van der Waals surface area contributed by atoms with Gasteiger partial charge in [0, 0.05) is 43.3 Å². The quantitative estimate of drug-likeness (QED) is 0.652. The second-order valence-electron chi connectivity index (χ2n) is 5.45. The first kappa shape index (κ1) is 12.6. The Balaban J connectivity index is 1.93. The molecule has 0 radical (unpaired) electrons. The molecule has 5 heteroatoms. The fourth-order valence-electron chi connectivity index (χ4n) is 3.45. The maximum Gasteiger partial charge on any atom is 0.272 e. The van der Waals surface area contributed by atoms with Crippen LogP contribution in [0.1, 0.15) is 30.5 Å². The zero-order chi connectivity index (χ0) is 13.4. The summed E-state index contributed by atoms with van der Waals surface area (Å²) in [5.41, 5.74) is 2.41. The van der Waals surface area contributed by atoms with E-state index in [1.807, 2.05) is 6.07 Å². The first-order chi connectivity index (χ1) is 9.18. The lowest BCUT2D eigenvalue weighted by Gasteiger charge is -2.38. The number of nitrogens with one attached hydrogen (secondary N) is 1. The molecule has 1 fully saturated rings. The molecule has 0 bridgehead atoms. The first-order valence-electron chi connectivity index (χ1n) is 6.91. The van der Waals surface area contributed by atoms with Crippen LogP contribution in [0.2, 0.25) is 0 Å². The Morgan fingerprint density at radius 1 is 1.47 bits per heavy atom. The van der Waals surface area contributed by atoms with Gasteiger partial charge in [0.1, 0.15) is 0 Å². The van der Waals surface area contributed by atoms with Crippen molar-refractivity contribution in [3.63, 3.8) is 0 Å². The molecule has 2 aliphatic rings. The highest BCUT2D eigenvalue weighted by Crippen LogP contribution is 2.40. The third-order valence-electron chi connectivity index (χ3n) is 4.36. The molecule has 0 spiro atoms. The van der Waals surface area contributed by atoms with Gasteiger partial charge in [-0.2, -0.15) is 0 Å². The van der Waals surface area contributed by atoms with E-state index in [2.05, 4.69) is 23.2 Å². The molecule has 0 amide bonds. The van der Waals surface area contributed by atoms with Gasteiger partial charge < -0.3 is 5.32 Å². The molecule has 102 valence electrons. The van der Waals surface area contributed by atoms with Crippen molar-refractivity contribution in [2.24, 2.45) is 0 Å². The molecule has 2 unspecified atom stereocenters. The van der Waals surface area contributed by atoms with E-state index in [0.29, 0.717) is 17.8 Å². The first-order valence-corrected chi connectivity index (χ1v) is 6.91. The van der Waals surface area contributed by atoms with Crippen LogP contribution in [0, 0.1) is 10.1 Å². The van der Waals surface area contributed by atoms with Crippen LogP contribution in [0.3, 0.4) is 0 Å². The summed E-state index contributed by atoms with van der Waals surface area (Å²) in [6.07, 6.45) is 1.83. The van der Waals surface area contributed by atoms with Crippen molar-refractivity contribution < 1.29 is 4.92 Å². The average Bonchev–Trinajstić information content (AvgIpc) is 2.82. The summed E-state index contributed by atoms with van der Waals surface area (Å²) < 4.78 is 0. The Kier molecular flexibility index (Phi) is 3.24. The van der Waals surface area contributed by atoms with Crippen molar-refractivity contribution >= 4 is 5.69 Å². The molecule has 1 aromatic carbocycles. The Bertz CT molecular complexity index is 503. The highest BCUT2D eigenvalue weighted by Gasteiger charge is 2.35. The number of hydrogen-bond donors (Lipinski definition) is 1. The maximum atomic E-state index is 11.1. The van der Waals surface area contributed by atoms with Crippen LogP contribution >= 0.6 is 0 Å². The topological polar surface area (TPSA) is 58.4 Å². The van der Waals surface area contributed by atoms with Crippen LogP contribution < -0.4 is 5.32 Å². The second kappa shape index (κ2) is 4.90. The third-order valence-corrected chi connectivity index (χ3v) is 4.36. The lowest BCUT2D eigenvalue weighted by atomic mass is 10.0. The van der Waals surface area contributed by atoms with E-state index < -0.39 is 0 Å². The predicted octanol–water partition coefficient (Wildman–Crippen LogP) is 1.88. The molecule has 1 aliphatic carbocycles. The molecule has 0 aromatic heterocycles. The van der Waals surface area contributed by atoms with Crippen LogP contribution in [0.25, 0.3) is 0 Å². The van der Waals surface area contributed by atoms with Gasteiger partial charge in [-0.05, 0) is 25.3 Å². The molecule has 1 saturated heterocycles. The smallest absolute Gasteiger partial charge is 0.272 e. The normalized spacial score (nSPS) is 27.2. The summed E-state index contributed by atoms with van der Waals surface area (Å²) in [5, 5.41) is 14.5. The van der Waals surface area contributed by atoms with Crippen molar-refractivity contribution in [1.82, 2.24) is 10.2 Å². The van der Waals surface area contributed by atoms with Crippen LogP contribution in [0.5, 0.6) is 0 Å². The Morgan fingerprint density at radius 2 is 2.32 bits per heavy atom. The van der Waals surface area contributed by atoms with Crippen molar-refractivity contribution in [1.29, 1.82) is 0 Å². The molecule has 1 aromatic rings. The average molecular weight is 261 g/mol. The zero-order valence-electron chi connectivity index (χ0n) is 11.1. The van der Waals surface area contributed by atoms with Gasteiger partial charge in [0.2, 0.25) is 0 Å². The SMILES string of the molecule is CC1CNCCN1C1CCc2c1cccc2[N+](=O)[O-]. The van der Waals surface area contributed by atoms with Crippen LogP contribution in [0.4, 0.5) is 5.69 Å². The van der Waals surface area contributed by atoms with Gasteiger partial charge in [-0.3, -0.25) is 15.0 Å². The van der Waals surface area contributed by atoms with Gasteiger partial charge in [0.05, 0.1) is 4.92 Å². The molecular weight excluding hydrogens is 242 g/mol. The van der Waals surface area contributed by atoms with Gasteiger partial charge >= 0.3 is 0 Å². The number of nitro benzene ring substituents is 1. The predicted molar refractivity (Wildman–Crippen MR) is 73.2 cm³/mol. The van der Waals surface area contributed by atoms with E-state index >= 15 is 0 Å². The Hall–Kier alpha value is -1.46. The molecule has 2 atom stereocenters. The number of nitrogens with zero attached hydrogens (tertiary/aromatic N) is 2. The molecule has 1 aliphatic heterocycles. The molecule has 19 heavy (non-hydrogen) atoms. The van der Waals surface area contributed by atoms with E-state index in [4.69, 9.17) is 0 Å². The van der Waals surface area contributed by atoms with Gasteiger partial charge in [0.15, 0.2) is 0 Å². The third kappa shape index (κ3) is 2.13. The van der Waals surface area contributed by atoms with Gasteiger partial charge in [-0.1, -0.05) is 12.1 Å². The second-order valence-corrected chi connectivity index (χ2v) is 5.45. The van der Waals surface area contributed by atoms with Crippen molar-refractivity contribution in [2.75, 3.05) is 19.6 Å². The monoisotopic (exact) mass is 261 g/mol. The van der Waals surface area contributed by atoms with E-state index in [0.717, 1.165) is 38.0 Å². The number of piperazine rings is 1.